The zero-order valence-corrected chi connectivity index (χ0v) is 14.5. The monoisotopic (exact) mass is 333 g/mol. The molecular weight excluding hydrogens is 306 g/mol. The summed E-state index contributed by atoms with van der Waals surface area (Å²) in [5, 5.41) is 0. The van der Waals surface area contributed by atoms with Crippen molar-refractivity contribution in [3.8, 4) is 5.75 Å². The molecule has 6 nitrogen and oxygen atoms in total. The van der Waals surface area contributed by atoms with E-state index in [0.717, 1.165) is 38.5 Å². The number of nitrogens with one attached hydrogen (secondary N) is 2. The Morgan fingerprint density at radius 2 is 1.75 bits per heavy atom. The normalized spacial score (nSPS) is 27.6. The second-order valence-electron chi connectivity index (χ2n) is 6.51. The van der Waals surface area contributed by atoms with E-state index in [4.69, 9.17) is 4.74 Å². The minimum atomic E-state index is -0.220. The molecule has 2 amide bonds. The van der Waals surface area contributed by atoms with Crippen molar-refractivity contribution in [2.75, 3.05) is 44.2 Å². The number of quaternary nitrogens is 2. The molecule has 2 heterocycles. The van der Waals surface area contributed by atoms with Gasteiger partial charge in [0.2, 0.25) is 5.91 Å². The van der Waals surface area contributed by atoms with Gasteiger partial charge in [-0.1, -0.05) is 0 Å². The molecular formula is C18H27N3O3+2. The standard InChI is InChI=1S/C18H25N3O3/c1-3-19-9-11-20(12-10-19)16-13-17(22)21(18(16)23)14-5-7-15(8-6-14)24-4-2/h5-8,16H,3-4,9-13H2,1-2H3/p+2/t16-/m0/s1. The molecule has 0 aromatic heterocycles. The maximum Gasteiger partial charge on any atom is 0.292 e. The lowest BCUT2D eigenvalue weighted by molar-refractivity contribution is -1.02. The number of ether oxygens (including phenoxy) is 1. The molecule has 130 valence electrons. The number of carbonyl (C=O) groups is 2. The molecule has 0 unspecified atom stereocenters. The topological polar surface area (TPSA) is 55.5 Å². The number of benzene rings is 1. The van der Waals surface area contributed by atoms with Crippen molar-refractivity contribution in [2.45, 2.75) is 26.3 Å². The second-order valence-corrected chi connectivity index (χ2v) is 6.51. The largest absolute Gasteiger partial charge is 0.494 e. The highest BCUT2D eigenvalue weighted by Crippen LogP contribution is 2.24. The number of amides is 2. The van der Waals surface area contributed by atoms with Gasteiger partial charge in [0.15, 0.2) is 6.04 Å². The van der Waals surface area contributed by atoms with Crippen molar-refractivity contribution in [1.82, 2.24) is 0 Å². The van der Waals surface area contributed by atoms with Gasteiger partial charge in [-0.25, -0.2) is 4.90 Å². The summed E-state index contributed by atoms with van der Waals surface area (Å²) >= 11 is 0. The van der Waals surface area contributed by atoms with E-state index >= 15 is 0 Å². The maximum atomic E-state index is 12.8. The van der Waals surface area contributed by atoms with Crippen molar-refractivity contribution in [1.29, 1.82) is 0 Å². The Balaban J connectivity index is 1.70. The summed E-state index contributed by atoms with van der Waals surface area (Å²) in [6.45, 7) is 9.92. The molecule has 0 saturated carbocycles. The van der Waals surface area contributed by atoms with Crippen LogP contribution in [0.25, 0.3) is 0 Å². The zero-order chi connectivity index (χ0) is 17.1. The SMILES string of the molecule is CCOc1ccc(N2C(=O)C[C@H]([NH+]3CC[NH+](CC)CC3)C2=O)cc1. The van der Waals surface area contributed by atoms with Gasteiger partial charge in [-0.3, -0.25) is 9.59 Å². The lowest BCUT2D eigenvalue weighted by Gasteiger charge is -2.31. The number of anilines is 1. The molecule has 1 atom stereocenters. The van der Waals surface area contributed by atoms with Crippen LogP contribution < -0.4 is 19.4 Å². The lowest BCUT2D eigenvalue weighted by Crippen LogP contribution is -3.29. The molecule has 0 spiro atoms. The Morgan fingerprint density at radius 1 is 1.08 bits per heavy atom. The van der Waals surface area contributed by atoms with Gasteiger partial charge in [0.05, 0.1) is 25.3 Å². The third-order valence-corrected chi connectivity index (χ3v) is 5.14. The summed E-state index contributed by atoms with van der Waals surface area (Å²) in [5.74, 6) is 0.604. The van der Waals surface area contributed by atoms with Gasteiger partial charge in [-0.2, -0.15) is 0 Å². The first-order valence-corrected chi connectivity index (χ1v) is 8.91. The van der Waals surface area contributed by atoms with E-state index in [1.54, 1.807) is 17.0 Å². The first-order chi connectivity index (χ1) is 11.6. The molecule has 1 aromatic rings. The predicted molar refractivity (Wildman–Crippen MR) is 90.4 cm³/mol. The van der Waals surface area contributed by atoms with Gasteiger partial charge in [0.1, 0.15) is 31.9 Å². The fraction of sp³-hybridized carbons (Fsp3) is 0.556. The summed E-state index contributed by atoms with van der Waals surface area (Å²) in [7, 11) is 0. The second kappa shape index (κ2) is 7.32. The van der Waals surface area contributed by atoms with Crippen LogP contribution in [0.15, 0.2) is 24.3 Å². The van der Waals surface area contributed by atoms with Gasteiger partial charge < -0.3 is 14.5 Å². The van der Waals surface area contributed by atoms with E-state index in [9.17, 15) is 9.59 Å². The number of carbonyl (C=O) groups excluding carboxylic acids is 2. The number of likely N-dealkylation sites (N-methyl/N-ethyl adjacent to an activating group) is 1. The molecule has 0 aliphatic carbocycles. The molecule has 0 bridgehead atoms. The Bertz CT molecular complexity index is 594. The molecule has 24 heavy (non-hydrogen) atoms. The molecule has 1 aromatic carbocycles. The Labute approximate surface area is 143 Å². The van der Waals surface area contributed by atoms with Crippen molar-refractivity contribution in [3.63, 3.8) is 0 Å². The Morgan fingerprint density at radius 3 is 2.33 bits per heavy atom. The third-order valence-electron chi connectivity index (χ3n) is 5.14. The van der Waals surface area contributed by atoms with Crippen LogP contribution in [0.4, 0.5) is 5.69 Å². The highest BCUT2D eigenvalue weighted by atomic mass is 16.5. The Hall–Kier alpha value is -1.92. The fourth-order valence-electron chi connectivity index (χ4n) is 3.71. The molecule has 2 saturated heterocycles. The predicted octanol–water partition coefficient (Wildman–Crippen LogP) is -1.48. The summed E-state index contributed by atoms with van der Waals surface area (Å²) in [4.78, 5) is 29.4. The lowest BCUT2D eigenvalue weighted by atomic mass is 10.1. The minimum Gasteiger partial charge on any atom is -0.494 e. The summed E-state index contributed by atoms with van der Waals surface area (Å²) in [6.07, 6.45) is 0.322. The summed E-state index contributed by atoms with van der Waals surface area (Å²) < 4.78 is 5.42. The quantitative estimate of drug-likeness (QED) is 0.647. The fourth-order valence-corrected chi connectivity index (χ4v) is 3.71. The van der Waals surface area contributed by atoms with Crippen LogP contribution in [0.3, 0.4) is 0 Å². The van der Waals surface area contributed by atoms with Crippen LogP contribution in [0.5, 0.6) is 5.75 Å². The number of nitrogens with zero attached hydrogens (tertiary/aromatic N) is 1. The number of imide groups is 1. The van der Waals surface area contributed by atoms with E-state index < -0.39 is 0 Å². The van der Waals surface area contributed by atoms with Gasteiger partial charge in [0.25, 0.3) is 5.91 Å². The van der Waals surface area contributed by atoms with Gasteiger partial charge >= 0.3 is 0 Å². The van der Waals surface area contributed by atoms with Crippen molar-refractivity contribution in [3.05, 3.63) is 24.3 Å². The summed E-state index contributed by atoms with van der Waals surface area (Å²) in [6, 6.07) is 6.98. The van der Waals surface area contributed by atoms with Gasteiger partial charge in [0, 0.05) is 0 Å². The van der Waals surface area contributed by atoms with Crippen LogP contribution >= 0.6 is 0 Å². The number of piperazine rings is 1. The molecule has 2 aliphatic rings. The van der Waals surface area contributed by atoms with E-state index in [1.165, 1.54) is 9.80 Å². The molecule has 2 fully saturated rings. The average molecular weight is 333 g/mol. The van der Waals surface area contributed by atoms with E-state index in [2.05, 4.69) is 6.92 Å². The average Bonchev–Trinajstić information content (AvgIpc) is 2.91. The van der Waals surface area contributed by atoms with E-state index in [-0.39, 0.29) is 17.9 Å². The van der Waals surface area contributed by atoms with Crippen LogP contribution in [0, 0.1) is 0 Å². The minimum absolute atomic E-state index is 0.0564. The van der Waals surface area contributed by atoms with Crippen LogP contribution in [0.2, 0.25) is 0 Å². The van der Waals surface area contributed by atoms with Crippen LogP contribution in [-0.4, -0.2) is 57.2 Å². The smallest absolute Gasteiger partial charge is 0.292 e. The maximum absolute atomic E-state index is 12.8. The van der Waals surface area contributed by atoms with Crippen LogP contribution in [-0.2, 0) is 9.59 Å². The van der Waals surface area contributed by atoms with Crippen molar-refractivity contribution in [2.24, 2.45) is 0 Å². The summed E-state index contributed by atoms with van der Waals surface area (Å²) in [5.41, 5.74) is 0.646. The molecule has 2 aliphatic heterocycles. The Kier molecular flexibility index (Phi) is 5.16. The molecule has 6 heteroatoms. The number of hydrogen-bond donors (Lipinski definition) is 2. The van der Waals surface area contributed by atoms with Crippen molar-refractivity contribution < 1.29 is 24.1 Å². The van der Waals surface area contributed by atoms with Gasteiger partial charge in [-0.15, -0.1) is 0 Å². The van der Waals surface area contributed by atoms with Crippen molar-refractivity contribution >= 4 is 17.5 Å². The van der Waals surface area contributed by atoms with Crippen LogP contribution in [0.1, 0.15) is 20.3 Å². The number of hydrogen-bond acceptors (Lipinski definition) is 3. The van der Waals surface area contributed by atoms with E-state index in [0.29, 0.717) is 18.7 Å². The third kappa shape index (κ3) is 3.30. The first kappa shape index (κ1) is 16.9. The highest BCUT2D eigenvalue weighted by molar-refractivity contribution is 6.21. The zero-order valence-electron chi connectivity index (χ0n) is 14.5. The molecule has 0 radical (unpaired) electrons. The highest BCUT2D eigenvalue weighted by Gasteiger charge is 2.46. The van der Waals surface area contributed by atoms with E-state index in [1.807, 2.05) is 19.1 Å². The molecule has 3 rings (SSSR count). The molecule has 2 N–H and O–H groups in total. The number of rotatable bonds is 5. The van der Waals surface area contributed by atoms with Gasteiger partial charge in [-0.05, 0) is 38.1 Å². The first-order valence-electron chi connectivity index (χ1n) is 8.91.